The van der Waals surface area contributed by atoms with Crippen LogP contribution in [-0.4, -0.2) is 16.3 Å². The number of hydrogen-bond donors (Lipinski definition) is 1. The first-order valence-electron chi connectivity index (χ1n) is 5.74. The molecule has 4 nitrogen and oxygen atoms in total. The van der Waals surface area contributed by atoms with E-state index in [1.165, 1.54) is 22.9 Å². The lowest BCUT2D eigenvalue weighted by Gasteiger charge is -2.06. The first kappa shape index (κ1) is 12.3. The average molecular weight is 247 g/mol. The summed E-state index contributed by atoms with van der Waals surface area (Å²) in [7, 11) is 0. The number of hydrogen-bond acceptors (Lipinski definition) is 3. The Labute approximate surface area is 104 Å². The van der Waals surface area contributed by atoms with Crippen molar-refractivity contribution in [1.82, 2.24) is 9.78 Å². The summed E-state index contributed by atoms with van der Waals surface area (Å²) < 4.78 is 14.1. The van der Waals surface area contributed by atoms with Crippen LogP contribution in [0.1, 0.15) is 12.5 Å². The van der Waals surface area contributed by atoms with Gasteiger partial charge in [-0.3, -0.25) is 4.79 Å². The number of nitrogens with one attached hydrogen (secondary N) is 1. The zero-order valence-corrected chi connectivity index (χ0v) is 10.1. The SMILES string of the molecule is CCNc1cnn(Cc2ccc(F)cc2)c(=O)c1. The topological polar surface area (TPSA) is 46.9 Å². The third-order valence-corrected chi connectivity index (χ3v) is 2.50. The van der Waals surface area contributed by atoms with Crippen LogP contribution in [0.3, 0.4) is 0 Å². The van der Waals surface area contributed by atoms with Crippen molar-refractivity contribution in [3.8, 4) is 0 Å². The molecule has 1 aromatic heterocycles. The standard InChI is InChI=1S/C13H14FN3O/c1-2-15-12-7-13(18)17(16-8-12)9-10-3-5-11(14)6-4-10/h3-8,15H,2,9H2,1H3. The van der Waals surface area contributed by atoms with Crippen molar-refractivity contribution in [1.29, 1.82) is 0 Å². The van der Waals surface area contributed by atoms with Crippen LogP contribution >= 0.6 is 0 Å². The molecule has 0 aliphatic carbocycles. The second kappa shape index (κ2) is 5.44. The van der Waals surface area contributed by atoms with Crippen molar-refractivity contribution in [2.45, 2.75) is 13.5 Å². The lowest BCUT2D eigenvalue weighted by atomic mass is 10.2. The minimum Gasteiger partial charge on any atom is -0.384 e. The summed E-state index contributed by atoms with van der Waals surface area (Å²) in [4.78, 5) is 11.8. The lowest BCUT2D eigenvalue weighted by molar-refractivity contribution is 0.619. The van der Waals surface area contributed by atoms with Crippen LogP contribution in [-0.2, 0) is 6.54 Å². The van der Waals surface area contributed by atoms with Crippen molar-refractivity contribution < 1.29 is 4.39 Å². The van der Waals surface area contributed by atoms with E-state index in [0.29, 0.717) is 12.2 Å². The van der Waals surface area contributed by atoms with Crippen LogP contribution in [0.4, 0.5) is 10.1 Å². The molecule has 1 aromatic carbocycles. The van der Waals surface area contributed by atoms with Crippen LogP contribution in [0.15, 0.2) is 41.3 Å². The molecule has 0 amide bonds. The van der Waals surface area contributed by atoms with Crippen LogP contribution in [0.25, 0.3) is 0 Å². The molecular weight excluding hydrogens is 233 g/mol. The predicted molar refractivity (Wildman–Crippen MR) is 68.2 cm³/mol. The molecule has 0 saturated carbocycles. The lowest BCUT2D eigenvalue weighted by Crippen LogP contribution is -2.23. The van der Waals surface area contributed by atoms with E-state index >= 15 is 0 Å². The summed E-state index contributed by atoms with van der Waals surface area (Å²) in [5.41, 5.74) is 1.36. The number of aromatic nitrogens is 2. The van der Waals surface area contributed by atoms with E-state index in [9.17, 15) is 9.18 Å². The zero-order chi connectivity index (χ0) is 13.0. The summed E-state index contributed by atoms with van der Waals surface area (Å²) in [6.45, 7) is 3.03. The third-order valence-electron chi connectivity index (χ3n) is 2.50. The van der Waals surface area contributed by atoms with E-state index in [1.807, 2.05) is 6.92 Å². The third kappa shape index (κ3) is 2.94. The molecular formula is C13H14FN3O. The minimum atomic E-state index is -0.290. The van der Waals surface area contributed by atoms with Crippen LogP contribution < -0.4 is 10.9 Å². The average Bonchev–Trinajstić information content (AvgIpc) is 2.36. The largest absolute Gasteiger partial charge is 0.384 e. The van der Waals surface area contributed by atoms with E-state index in [2.05, 4.69) is 10.4 Å². The maximum absolute atomic E-state index is 12.8. The van der Waals surface area contributed by atoms with Gasteiger partial charge in [-0.15, -0.1) is 0 Å². The maximum Gasteiger partial charge on any atom is 0.269 e. The van der Waals surface area contributed by atoms with Gasteiger partial charge in [-0.1, -0.05) is 12.1 Å². The molecule has 0 atom stereocenters. The predicted octanol–water partition coefficient (Wildman–Crippen LogP) is 1.86. The summed E-state index contributed by atoms with van der Waals surface area (Å²) in [5, 5.41) is 7.08. The molecule has 5 heteroatoms. The van der Waals surface area contributed by atoms with Gasteiger partial charge in [-0.05, 0) is 24.6 Å². The van der Waals surface area contributed by atoms with Gasteiger partial charge in [0, 0.05) is 12.6 Å². The Balaban J connectivity index is 2.19. The molecule has 0 radical (unpaired) electrons. The zero-order valence-electron chi connectivity index (χ0n) is 10.1. The Kier molecular flexibility index (Phi) is 3.72. The van der Waals surface area contributed by atoms with Gasteiger partial charge >= 0.3 is 0 Å². The summed E-state index contributed by atoms with van der Waals surface area (Å²) >= 11 is 0. The van der Waals surface area contributed by atoms with Crippen LogP contribution in [0.5, 0.6) is 0 Å². The monoisotopic (exact) mass is 247 g/mol. The van der Waals surface area contributed by atoms with Gasteiger partial charge in [0.25, 0.3) is 5.56 Å². The van der Waals surface area contributed by atoms with E-state index in [4.69, 9.17) is 0 Å². The molecule has 1 N–H and O–H groups in total. The molecule has 94 valence electrons. The smallest absolute Gasteiger partial charge is 0.269 e. The molecule has 0 spiro atoms. The second-order valence-electron chi connectivity index (χ2n) is 3.90. The number of rotatable bonds is 4. The van der Waals surface area contributed by atoms with E-state index in [0.717, 1.165) is 12.1 Å². The number of nitrogens with zero attached hydrogens (tertiary/aromatic N) is 2. The van der Waals surface area contributed by atoms with Crippen LogP contribution in [0, 0.1) is 5.82 Å². The fraction of sp³-hybridized carbons (Fsp3) is 0.231. The van der Waals surface area contributed by atoms with Gasteiger partial charge in [0.2, 0.25) is 0 Å². The fourth-order valence-electron chi connectivity index (χ4n) is 1.62. The van der Waals surface area contributed by atoms with Gasteiger partial charge in [0.15, 0.2) is 0 Å². The minimum absolute atomic E-state index is 0.183. The fourth-order valence-corrected chi connectivity index (χ4v) is 1.62. The van der Waals surface area contributed by atoms with E-state index in [-0.39, 0.29) is 11.4 Å². The summed E-state index contributed by atoms with van der Waals surface area (Å²) in [6, 6.07) is 7.52. The van der Waals surface area contributed by atoms with Gasteiger partial charge in [-0.2, -0.15) is 5.10 Å². The van der Waals surface area contributed by atoms with E-state index in [1.54, 1.807) is 18.3 Å². The van der Waals surface area contributed by atoms with Gasteiger partial charge in [0.1, 0.15) is 5.82 Å². The van der Waals surface area contributed by atoms with Gasteiger partial charge in [0.05, 0.1) is 18.4 Å². The summed E-state index contributed by atoms with van der Waals surface area (Å²) in [5.74, 6) is -0.290. The molecule has 2 aromatic rings. The van der Waals surface area contributed by atoms with Crippen molar-refractivity contribution in [2.75, 3.05) is 11.9 Å². The van der Waals surface area contributed by atoms with Crippen molar-refractivity contribution >= 4 is 5.69 Å². The van der Waals surface area contributed by atoms with E-state index < -0.39 is 0 Å². The molecule has 0 aliphatic heterocycles. The Morgan fingerprint density at radius 3 is 2.67 bits per heavy atom. The normalized spacial score (nSPS) is 10.3. The molecule has 2 rings (SSSR count). The highest BCUT2D eigenvalue weighted by molar-refractivity contribution is 5.38. The van der Waals surface area contributed by atoms with Crippen molar-refractivity contribution in [3.05, 3.63) is 58.3 Å². The Hall–Kier alpha value is -2.17. The highest BCUT2D eigenvalue weighted by Gasteiger charge is 2.01. The highest BCUT2D eigenvalue weighted by Crippen LogP contribution is 2.04. The first-order chi connectivity index (χ1) is 8.69. The number of halogens is 1. The quantitative estimate of drug-likeness (QED) is 0.897. The first-order valence-corrected chi connectivity index (χ1v) is 5.74. The number of benzene rings is 1. The number of anilines is 1. The Bertz CT molecular complexity index is 578. The van der Waals surface area contributed by atoms with Crippen molar-refractivity contribution in [3.63, 3.8) is 0 Å². The molecule has 0 aliphatic rings. The molecule has 0 bridgehead atoms. The van der Waals surface area contributed by atoms with Gasteiger partial charge < -0.3 is 5.32 Å². The van der Waals surface area contributed by atoms with Crippen LogP contribution in [0.2, 0.25) is 0 Å². The van der Waals surface area contributed by atoms with Gasteiger partial charge in [-0.25, -0.2) is 9.07 Å². The molecule has 1 heterocycles. The Morgan fingerprint density at radius 1 is 1.33 bits per heavy atom. The maximum atomic E-state index is 12.8. The molecule has 0 unspecified atom stereocenters. The molecule has 18 heavy (non-hydrogen) atoms. The van der Waals surface area contributed by atoms with Crippen molar-refractivity contribution in [2.24, 2.45) is 0 Å². The molecule has 0 saturated heterocycles. The summed E-state index contributed by atoms with van der Waals surface area (Å²) in [6.07, 6.45) is 1.61. The second-order valence-corrected chi connectivity index (χ2v) is 3.90. The Morgan fingerprint density at radius 2 is 2.06 bits per heavy atom. The molecule has 0 fully saturated rings. The highest BCUT2D eigenvalue weighted by atomic mass is 19.1.